The summed E-state index contributed by atoms with van der Waals surface area (Å²) in [6, 6.07) is 15.9. The summed E-state index contributed by atoms with van der Waals surface area (Å²) in [6.07, 6.45) is 5.04. The Hall–Kier alpha value is -2.86. The number of nitrogens with one attached hydrogen (secondary N) is 1. The second-order valence-corrected chi connectivity index (χ2v) is 7.48. The van der Waals surface area contributed by atoms with Crippen molar-refractivity contribution in [2.45, 2.75) is 25.0 Å². The molecule has 0 radical (unpaired) electrons. The second-order valence-electron chi connectivity index (χ2n) is 6.29. The first kappa shape index (κ1) is 19.9. The van der Waals surface area contributed by atoms with Crippen molar-refractivity contribution in [1.29, 1.82) is 0 Å². The molecule has 0 bridgehead atoms. The van der Waals surface area contributed by atoms with Crippen LogP contribution in [0.15, 0.2) is 71.4 Å². The number of amidine groups is 1. The van der Waals surface area contributed by atoms with Crippen molar-refractivity contribution < 1.29 is 9.53 Å². The monoisotopic (exact) mass is 393 g/mol. The van der Waals surface area contributed by atoms with E-state index in [9.17, 15) is 4.79 Å². The fourth-order valence-electron chi connectivity index (χ4n) is 2.66. The Bertz CT molecular complexity index is 874. The summed E-state index contributed by atoms with van der Waals surface area (Å²) in [5.74, 6) is 0.749. The molecule has 144 valence electrons. The summed E-state index contributed by atoms with van der Waals surface area (Å²) >= 11 is 1.42. The van der Waals surface area contributed by atoms with Crippen molar-refractivity contribution in [3.05, 3.63) is 77.9 Å². The second kappa shape index (κ2) is 9.90. The molecule has 1 N–H and O–H groups in total. The smallest absolute Gasteiger partial charge is 0.239 e. The van der Waals surface area contributed by atoms with Gasteiger partial charge < -0.3 is 10.1 Å². The zero-order chi connectivity index (χ0) is 19.8. The molecule has 2 aromatic carbocycles. The summed E-state index contributed by atoms with van der Waals surface area (Å²) < 4.78 is 5.44. The fourth-order valence-corrected chi connectivity index (χ4v) is 3.63. The van der Waals surface area contributed by atoms with Gasteiger partial charge in [0.2, 0.25) is 5.91 Å². The SMILES string of the molecule is C=CCOc1ccc(/C=N/N=C2\NC(=O)C(Cc3ccc(CC)cc3)S2)cc1. The predicted molar refractivity (Wildman–Crippen MR) is 116 cm³/mol. The van der Waals surface area contributed by atoms with Crippen LogP contribution in [0.5, 0.6) is 5.75 Å². The minimum absolute atomic E-state index is 0.0257. The summed E-state index contributed by atoms with van der Waals surface area (Å²) in [5, 5.41) is 11.4. The van der Waals surface area contributed by atoms with Crippen LogP contribution in [0, 0.1) is 0 Å². The predicted octanol–water partition coefficient (Wildman–Crippen LogP) is 3.98. The number of carbonyl (C=O) groups is 1. The topological polar surface area (TPSA) is 63.1 Å². The molecule has 28 heavy (non-hydrogen) atoms. The number of ether oxygens (including phenoxy) is 1. The van der Waals surface area contributed by atoms with Crippen LogP contribution in [0.4, 0.5) is 0 Å². The lowest BCUT2D eigenvalue weighted by Gasteiger charge is -2.06. The van der Waals surface area contributed by atoms with Crippen molar-refractivity contribution in [2.75, 3.05) is 6.61 Å². The van der Waals surface area contributed by atoms with Crippen LogP contribution in [-0.2, 0) is 17.6 Å². The molecule has 5 nitrogen and oxygen atoms in total. The average Bonchev–Trinajstić information content (AvgIpc) is 3.07. The third-order valence-electron chi connectivity index (χ3n) is 4.23. The standard InChI is InChI=1S/C22H23N3O2S/c1-3-13-27-19-11-9-18(10-12-19)15-23-25-22-24-21(26)20(28-22)14-17-7-5-16(4-2)6-8-17/h3,5-12,15,20H,1,4,13-14H2,2H3,(H,24,25,26)/b23-15+. The van der Waals surface area contributed by atoms with Gasteiger partial charge in [-0.2, -0.15) is 5.10 Å². The van der Waals surface area contributed by atoms with Gasteiger partial charge in [0.15, 0.2) is 5.17 Å². The van der Waals surface area contributed by atoms with Gasteiger partial charge in [-0.3, -0.25) is 4.79 Å². The molecule has 1 fully saturated rings. The van der Waals surface area contributed by atoms with Crippen molar-refractivity contribution in [1.82, 2.24) is 5.32 Å². The van der Waals surface area contributed by atoms with E-state index in [4.69, 9.17) is 4.74 Å². The normalized spacial score (nSPS) is 17.8. The lowest BCUT2D eigenvalue weighted by molar-refractivity contribution is -0.118. The Labute approximate surface area is 169 Å². The zero-order valence-corrected chi connectivity index (χ0v) is 16.6. The third-order valence-corrected chi connectivity index (χ3v) is 5.30. The van der Waals surface area contributed by atoms with Gasteiger partial charge in [-0.05, 0) is 53.8 Å². The third kappa shape index (κ3) is 5.57. The molecular formula is C22H23N3O2S. The number of rotatable bonds is 8. The quantitative estimate of drug-likeness (QED) is 0.419. The van der Waals surface area contributed by atoms with Crippen LogP contribution >= 0.6 is 11.8 Å². The van der Waals surface area contributed by atoms with Gasteiger partial charge in [-0.15, -0.1) is 5.10 Å². The van der Waals surface area contributed by atoms with E-state index >= 15 is 0 Å². The number of amides is 1. The molecule has 1 atom stereocenters. The summed E-state index contributed by atoms with van der Waals surface area (Å²) in [4.78, 5) is 12.2. The molecule has 1 aliphatic heterocycles. The van der Waals surface area contributed by atoms with Gasteiger partial charge in [0.1, 0.15) is 12.4 Å². The molecule has 1 amide bonds. The van der Waals surface area contributed by atoms with E-state index in [1.165, 1.54) is 17.3 Å². The maximum Gasteiger partial charge on any atom is 0.239 e. The van der Waals surface area contributed by atoms with Gasteiger partial charge in [0.05, 0.1) is 11.5 Å². The number of hydrogen-bond acceptors (Lipinski definition) is 5. The first-order valence-corrected chi connectivity index (χ1v) is 10.1. The van der Waals surface area contributed by atoms with E-state index in [2.05, 4.69) is 53.3 Å². The van der Waals surface area contributed by atoms with Gasteiger partial charge in [0.25, 0.3) is 0 Å². The summed E-state index contributed by atoms with van der Waals surface area (Å²) in [7, 11) is 0. The first-order chi connectivity index (χ1) is 13.7. The molecular weight excluding hydrogens is 370 g/mol. The van der Waals surface area contributed by atoms with E-state index in [1.807, 2.05) is 24.3 Å². The molecule has 1 heterocycles. The van der Waals surface area contributed by atoms with Crippen LogP contribution in [0.2, 0.25) is 0 Å². The highest BCUT2D eigenvalue weighted by molar-refractivity contribution is 8.15. The number of nitrogens with zero attached hydrogens (tertiary/aromatic N) is 2. The van der Waals surface area contributed by atoms with Gasteiger partial charge in [-0.25, -0.2) is 0 Å². The van der Waals surface area contributed by atoms with Gasteiger partial charge >= 0.3 is 0 Å². The molecule has 1 saturated heterocycles. The van der Waals surface area contributed by atoms with E-state index in [0.717, 1.165) is 23.3 Å². The van der Waals surface area contributed by atoms with E-state index in [-0.39, 0.29) is 11.2 Å². The molecule has 6 heteroatoms. The number of carbonyl (C=O) groups excluding carboxylic acids is 1. The summed E-state index contributed by atoms with van der Waals surface area (Å²) in [5.41, 5.74) is 3.34. The Morgan fingerprint density at radius 3 is 2.54 bits per heavy atom. The van der Waals surface area contributed by atoms with E-state index in [1.54, 1.807) is 12.3 Å². The van der Waals surface area contributed by atoms with Crippen molar-refractivity contribution >= 4 is 29.1 Å². The van der Waals surface area contributed by atoms with Crippen molar-refractivity contribution in [3.8, 4) is 5.75 Å². The van der Waals surface area contributed by atoms with E-state index in [0.29, 0.717) is 18.2 Å². The minimum atomic E-state index is -0.178. The Balaban J connectivity index is 1.55. The first-order valence-electron chi connectivity index (χ1n) is 9.18. The molecule has 3 rings (SSSR count). The molecule has 1 aliphatic rings. The van der Waals surface area contributed by atoms with Gasteiger partial charge in [-0.1, -0.05) is 55.6 Å². The Morgan fingerprint density at radius 2 is 1.86 bits per heavy atom. The number of hydrogen-bond donors (Lipinski definition) is 1. The Kier molecular flexibility index (Phi) is 7.03. The number of thioether (sulfide) groups is 1. The maximum absolute atomic E-state index is 12.2. The summed E-state index contributed by atoms with van der Waals surface area (Å²) in [6.45, 7) is 6.22. The van der Waals surface area contributed by atoms with Gasteiger partial charge in [0, 0.05) is 0 Å². The molecule has 2 aromatic rings. The molecule has 0 aromatic heterocycles. The average molecular weight is 394 g/mol. The highest BCUT2D eigenvalue weighted by Gasteiger charge is 2.30. The number of aryl methyl sites for hydroxylation is 1. The lowest BCUT2D eigenvalue weighted by atomic mass is 10.1. The molecule has 0 spiro atoms. The molecule has 0 saturated carbocycles. The van der Waals surface area contributed by atoms with E-state index < -0.39 is 0 Å². The van der Waals surface area contributed by atoms with Crippen LogP contribution in [0.25, 0.3) is 0 Å². The van der Waals surface area contributed by atoms with Crippen LogP contribution in [0.1, 0.15) is 23.6 Å². The number of benzene rings is 2. The highest BCUT2D eigenvalue weighted by atomic mass is 32.2. The maximum atomic E-state index is 12.2. The molecule has 0 aliphatic carbocycles. The van der Waals surface area contributed by atoms with Crippen LogP contribution in [0.3, 0.4) is 0 Å². The minimum Gasteiger partial charge on any atom is -0.490 e. The van der Waals surface area contributed by atoms with Crippen molar-refractivity contribution in [3.63, 3.8) is 0 Å². The Morgan fingerprint density at radius 1 is 1.14 bits per heavy atom. The van der Waals surface area contributed by atoms with Crippen LogP contribution in [-0.4, -0.2) is 29.1 Å². The largest absolute Gasteiger partial charge is 0.490 e. The van der Waals surface area contributed by atoms with Crippen LogP contribution < -0.4 is 10.1 Å². The zero-order valence-electron chi connectivity index (χ0n) is 15.8. The lowest BCUT2D eigenvalue weighted by Crippen LogP contribution is -2.25. The molecule has 1 unspecified atom stereocenters. The fraction of sp³-hybridized carbons (Fsp3) is 0.227. The van der Waals surface area contributed by atoms with Crippen molar-refractivity contribution in [2.24, 2.45) is 10.2 Å². The highest BCUT2D eigenvalue weighted by Crippen LogP contribution is 2.23.